The Kier molecular flexibility index (Phi) is 3.86. The predicted molar refractivity (Wildman–Crippen MR) is 52.9 cm³/mol. The zero-order chi connectivity index (χ0) is 10.6. The van der Waals surface area contributed by atoms with E-state index in [1.54, 1.807) is 6.08 Å². The summed E-state index contributed by atoms with van der Waals surface area (Å²) in [5.41, 5.74) is 0. The van der Waals surface area contributed by atoms with Gasteiger partial charge in [-0.05, 0) is 12.8 Å². The molecule has 1 aliphatic carbocycles. The van der Waals surface area contributed by atoms with E-state index in [1.165, 1.54) is 0 Å². The van der Waals surface area contributed by atoms with Crippen molar-refractivity contribution in [3.8, 4) is 0 Å². The third-order valence-electron chi connectivity index (χ3n) is 2.62. The van der Waals surface area contributed by atoms with E-state index in [-0.39, 0.29) is 11.7 Å². The van der Waals surface area contributed by atoms with E-state index in [9.17, 15) is 9.59 Å². The van der Waals surface area contributed by atoms with Gasteiger partial charge in [-0.3, -0.25) is 9.59 Å². The Morgan fingerprint density at radius 3 is 2.93 bits per heavy atom. The predicted octanol–water partition coefficient (Wildman–Crippen LogP) is 2.02. The quantitative estimate of drug-likeness (QED) is 0.700. The van der Waals surface area contributed by atoms with Crippen molar-refractivity contribution in [2.45, 2.75) is 32.6 Å². The van der Waals surface area contributed by atoms with Gasteiger partial charge in [0.2, 0.25) is 0 Å². The van der Waals surface area contributed by atoms with Gasteiger partial charge in [-0.1, -0.05) is 25.5 Å². The highest BCUT2D eigenvalue weighted by Gasteiger charge is 2.37. The molecule has 0 aromatic rings. The Bertz CT molecular complexity index is 255. The molecule has 1 saturated carbocycles. The summed E-state index contributed by atoms with van der Waals surface area (Å²) in [5.74, 6) is -1.64. The lowest BCUT2D eigenvalue weighted by molar-refractivity contribution is -0.143. The zero-order valence-electron chi connectivity index (χ0n) is 8.40. The monoisotopic (exact) mass is 196 g/mol. The third kappa shape index (κ3) is 2.44. The first-order valence-electron chi connectivity index (χ1n) is 5.09. The van der Waals surface area contributed by atoms with Crippen molar-refractivity contribution in [2.24, 2.45) is 11.8 Å². The first-order valence-corrected chi connectivity index (χ1v) is 5.09. The van der Waals surface area contributed by atoms with Gasteiger partial charge < -0.3 is 5.11 Å². The van der Waals surface area contributed by atoms with Crippen LogP contribution in [0.2, 0.25) is 0 Å². The Hall–Kier alpha value is -1.12. The van der Waals surface area contributed by atoms with Crippen molar-refractivity contribution in [2.75, 3.05) is 0 Å². The van der Waals surface area contributed by atoms with Crippen molar-refractivity contribution in [1.82, 2.24) is 0 Å². The maximum atomic E-state index is 11.4. The molecule has 0 heterocycles. The molecule has 3 heteroatoms. The molecule has 0 aromatic carbocycles. The van der Waals surface area contributed by atoms with Gasteiger partial charge >= 0.3 is 5.97 Å². The van der Waals surface area contributed by atoms with Crippen molar-refractivity contribution < 1.29 is 14.7 Å². The molecule has 3 nitrogen and oxygen atoms in total. The number of carbonyl (C=O) groups excluding carboxylic acids is 1. The van der Waals surface area contributed by atoms with Crippen LogP contribution in [0.25, 0.3) is 0 Å². The fourth-order valence-corrected chi connectivity index (χ4v) is 1.80. The maximum Gasteiger partial charge on any atom is 0.307 e. The Labute approximate surface area is 83.8 Å². The molecule has 1 fully saturated rings. The van der Waals surface area contributed by atoms with Gasteiger partial charge in [-0.2, -0.15) is 0 Å². The van der Waals surface area contributed by atoms with E-state index in [4.69, 9.17) is 5.11 Å². The van der Waals surface area contributed by atoms with Gasteiger partial charge in [0.25, 0.3) is 0 Å². The number of ketones is 1. The summed E-state index contributed by atoms with van der Waals surface area (Å²) < 4.78 is 0. The largest absolute Gasteiger partial charge is 0.481 e. The van der Waals surface area contributed by atoms with E-state index >= 15 is 0 Å². The van der Waals surface area contributed by atoms with Crippen LogP contribution in [0, 0.1) is 11.8 Å². The number of hydrogen-bond acceptors (Lipinski definition) is 2. The first kappa shape index (κ1) is 11.0. The Morgan fingerprint density at radius 2 is 2.36 bits per heavy atom. The van der Waals surface area contributed by atoms with E-state index in [1.807, 2.05) is 6.08 Å². The molecule has 0 amide bonds. The van der Waals surface area contributed by atoms with Crippen molar-refractivity contribution >= 4 is 11.8 Å². The summed E-state index contributed by atoms with van der Waals surface area (Å²) in [6.07, 6.45) is 6.54. The minimum atomic E-state index is -0.845. The van der Waals surface area contributed by atoms with Crippen LogP contribution in [-0.2, 0) is 9.59 Å². The van der Waals surface area contributed by atoms with E-state index < -0.39 is 11.9 Å². The Balaban J connectivity index is 2.62. The van der Waals surface area contributed by atoms with Crippen molar-refractivity contribution in [3.63, 3.8) is 0 Å². The van der Waals surface area contributed by atoms with Gasteiger partial charge in [-0.15, -0.1) is 0 Å². The maximum absolute atomic E-state index is 11.4. The van der Waals surface area contributed by atoms with Crippen LogP contribution in [0.1, 0.15) is 32.6 Å². The third-order valence-corrected chi connectivity index (χ3v) is 2.62. The average molecular weight is 196 g/mol. The molecule has 2 unspecified atom stereocenters. The molecule has 0 aromatic heterocycles. The summed E-state index contributed by atoms with van der Waals surface area (Å²) in [6, 6.07) is 0. The molecule has 1 N–H and O–H groups in total. The Morgan fingerprint density at radius 1 is 1.64 bits per heavy atom. The normalized spacial score (nSPS) is 27.4. The van der Waals surface area contributed by atoms with Crippen molar-refractivity contribution in [1.29, 1.82) is 0 Å². The van der Waals surface area contributed by atoms with Gasteiger partial charge in [0.1, 0.15) is 5.78 Å². The lowest BCUT2D eigenvalue weighted by Crippen LogP contribution is -2.20. The molecule has 14 heavy (non-hydrogen) atoms. The van der Waals surface area contributed by atoms with Crippen molar-refractivity contribution in [3.05, 3.63) is 12.2 Å². The highest BCUT2D eigenvalue weighted by atomic mass is 16.4. The van der Waals surface area contributed by atoms with Crippen LogP contribution in [0.15, 0.2) is 12.2 Å². The number of carboxylic acid groups (broad SMARTS) is 1. The molecule has 1 aliphatic rings. The molecule has 2 atom stereocenters. The van der Waals surface area contributed by atoms with Gasteiger partial charge in [0, 0.05) is 12.3 Å². The molecule has 0 radical (unpaired) electrons. The van der Waals surface area contributed by atoms with Gasteiger partial charge in [0.15, 0.2) is 0 Å². The van der Waals surface area contributed by atoms with Crippen LogP contribution in [0.4, 0.5) is 0 Å². The number of unbranched alkanes of at least 4 members (excludes halogenated alkanes) is 1. The van der Waals surface area contributed by atoms with Crippen LogP contribution >= 0.6 is 0 Å². The molecule has 0 spiro atoms. The molecule has 78 valence electrons. The summed E-state index contributed by atoms with van der Waals surface area (Å²) in [7, 11) is 0. The zero-order valence-corrected chi connectivity index (χ0v) is 8.40. The fraction of sp³-hybridized carbons (Fsp3) is 0.636. The van der Waals surface area contributed by atoms with E-state index in [0.717, 1.165) is 12.8 Å². The van der Waals surface area contributed by atoms with Crippen LogP contribution in [0.3, 0.4) is 0 Å². The summed E-state index contributed by atoms with van der Waals surface area (Å²) in [4.78, 5) is 22.2. The average Bonchev–Trinajstić information content (AvgIpc) is 2.48. The van der Waals surface area contributed by atoms with Crippen LogP contribution in [-0.4, -0.2) is 16.9 Å². The second-order valence-electron chi connectivity index (χ2n) is 3.69. The van der Waals surface area contributed by atoms with Gasteiger partial charge in [0.05, 0.1) is 5.92 Å². The highest BCUT2D eigenvalue weighted by Crippen LogP contribution is 2.30. The minimum Gasteiger partial charge on any atom is -0.481 e. The molecule has 1 rings (SSSR count). The second-order valence-corrected chi connectivity index (χ2v) is 3.69. The molecule has 0 bridgehead atoms. The number of allylic oxidation sites excluding steroid dienone is 2. The lowest BCUT2D eigenvalue weighted by atomic mass is 9.95. The van der Waals surface area contributed by atoms with E-state index in [0.29, 0.717) is 12.8 Å². The minimum absolute atomic E-state index is 0.0738. The number of Topliss-reactive ketones (excluding diaryl/α,β-unsaturated/α-hetero) is 1. The topological polar surface area (TPSA) is 54.4 Å². The molecular formula is C11H16O3. The number of carbonyl (C=O) groups is 2. The standard InChI is InChI=1S/C11H16O3/c1-2-3-4-5-8-9(11(13)14)6-7-10(8)12/h4-5,8-9H,2-3,6-7H2,1H3,(H,13,14). The number of carboxylic acids is 1. The molecule has 0 aliphatic heterocycles. The summed E-state index contributed by atoms with van der Waals surface area (Å²) >= 11 is 0. The summed E-state index contributed by atoms with van der Waals surface area (Å²) in [6.45, 7) is 2.05. The second kappa shape index (κ2) is 4.94. The number of hydrogen-bond donors (Lipinski definition) is 1. The van der Waals surface area contributed by atoms with Crippen LogP contribution < -0.4 is 0 Å². The smallest absolute Gasteiger partial charge is 0.307 e. The van der Waals surface area contributed by atoms with Gasteiger partial charge in [-0.25, -0.2) is 0 Å². The number of rotatable bonds is 4. The number of aliphatic carboxylic acids is 1. The molecule has 0 saturated heterocycles. The lowest BCUT2D eigenvalue weighted by Gasteiger charge is -2.08. The van der Waals surface area contributed by atoms with Crippen LogP contribution in [0.5, 0.6) is 0 Å². The fourth-order valence-electron chi connectivity index (χ4n) is 1.80. The molecular weight excluding hydrogens is 180 g/mol. The SMILES string of the molecule is CCCC=CC1C(=O)CCC1C(=O)O. The summed E-state index contributed by atoms with van der Waals surface area (Å²) in [5, 5.41) is 8.87. The highest BCUT2D eigenvalue weighted by molar-refractivity contribution is 5.91. The first-order chi connectivity index (χ1) is 6.66. The van der Waals surface area contributed by atoms with E-state index in [2.05, 4.69) is 6.92 Å².